The van der Waals surface area contributed by atoms with Gasteiger partial charge in [0.05, 0.1) is 0 Å². The first kappa shape index (κ1) is 18.3. The van der Waals surface area contributed by atoms with Crippen LogP contribution in [0.4, 0.5) is 10.5 Å². The summed E-state index contributed by atoms with van der Waals surface area (Å²) in [6.07, 6.45) is 0.450. The molecule has 1 saturated heterocycles. The minimum Gasteiger partial charge on any atom is -0.338 e. The summed E-state index contributed by atoms with van der Waals surface area (Å²) >= 11 is 5.84. The normalized spacial score (nSPS) is 16.6. The quantitative estimate of drug-likeness (QED) is 0.845. The van der Waals surface area contributed by atoms with Crippen molar-refractivity contribution in [3.63, 3.8) is 0 Å². The van der Waals surface area contributed by atoms with Gasteiger partial charge in [0, 0.05) is 42.7 Å². The highest BCUT2D eigenvalue weighted by Crippen LogP contribution is 2.24. The van der Waals surface area contributed by atoms with E-state index in [4.69, 9.17) is 11.6 Å². The van der Waals surface area contributed by atoms with Gasteiger partial charge in [-0.3, -0.25) is 4.79 Å². The molecule has 1 heterocycles. The second-order valence-electron chi connectivity index (χ2n) is 6.60. The van der Waals surface area contributed by atoms with Crippen LogP contribution in [0, 0.1) is 12.8 Å². The highest BCUT2D eigenvalue weighted by molar-refractivity contribution is 6.30. The number of benzene rings is 2. The maximum atomic E-state index is 12.2. The van der Waals surface area contributed by atoms with Gasteiger partial charge < -0.3 is 15.5 Å². The van der Waals surface area contributed by atoms with Crippen molar-refractivity contribution in [2.75, 3.05) is 18.0 Å². The number of halogens is 1. The average Bonchev–Trinajstić information content (AvgIpc) is 3.01. The zero-order valence-corrected chi connectivity index (χ0v) is 15.4. The van der Waals surface area contributed by atoms with Crippen molar-refractivity contribution in [3.05, 3.63) is 64.7 Å². The molecule has 2 aromatic carbocycles. The fraction of sp³-hybridized carbons (Fsp3) is 0.300. The molecule has 3 rings (SSSR count). The molecule has 0 spiro atoms. The minimum absolute atomic E-state index is 0.0993. The molecule has 26 heavy (non-hydrogen) atoms. The van der Waals surface area contributed by atoms with Crippen molar-refractivity contribution in [1.29, 1.82) is 0 Å². The summed E-state index contributed by atoms with van der Waals surface area (Å²) in [6, 6.07) is 15.0. The van der Waals surface area contributed by atoms with Gasteiger partial charge in [0.1, 0.15) is 0 Å². The Kier molecular flexibility index (Phi) is 5.78. The van der Waals surface area contributed by atoms with Crippen molar-refractivity contribution >= 4 is 29.2 Å². The molecular formula is C20H22ClN3O2. The molecule has 3 amide bonds. The van der Waals surface area contributed by atoms with Gasteiger partial charge in [-0.05, 0) is 36.8 Å². The number of anilines is 1. The number of carbonyl (C=O) groups excluding carboxylic acids is 2. The summed E-state index contributed by atoms with van der Waals surface area (Å²) in [5, 5.41) is 6.33. The lowest BCUT2D eigenvalue weighted by molar-refractivity contribution is -0.117. The lowest BCUT2D eigenvalue weighted by Crippen LogP contribution is -2.38. The third-order valence-corrected chi connectivity index (χ3v) is 4.72. The smallest absolute Gasteiger partial charge is 0.315 e. The van der Waals surface area contributed by atoms with Gasteiger partial charge in [-0.2, -0.15) is 0 Å². The molecule has 2 aromatic rings. The standard InChI is InChI=1S/C20H22ClN3O2/c1-14-2-8-18(9-3-14)24-13-16(10-19(24)25)12-23-20(26)22-11-15-4-6-17(21)7-5-15/h2-9,16H,10-13H2,1H3,(H2,22,23,26)/t16-/m0/s1. The molecule has 0 radical (unpaired) electrons. The van der Waals surface area contributed by atoms with E-state index in [-0.39, 0.29) is 17.9 Å². The highest BCUT2D eigenvalue weighted by atomic mass is 35.5. The van der Waals surface area contributed by atoms with Crippen LogP contribution in [0.25, 0.3) is 0 Å². The Morgan fingerprint density at radius 1 is 1.12 bits per heavy atom. The second-order valence-corrected chi connectivity index (χ2v) is 7.04. The number of rotatable bonds is 5. The molecule has 0 aliphatic carbocycles. The predicted octanol–water partition coefficient (Wildman–Crippen LogP) is 3.50. The molecule has 0 bridgehead atoms. The number of aryl methyl sites for hydroxylation is 1. The van der Waals surface area contributed by atoms with Gasteiger partial charge in [0.2, 0.25) is 5.91 Å². The number of nitrogens with zero attached hydrogens (tertiary/aromatic N) is 1. The molecule has 1 aliphatic rings. The molecule has 136 valence electrons. The third-order valence-electron chi connectivity index (χ3n) is 4.47. The summed E-state index contributed by atoms with van der Waals surface area (Å²) in [5.74, 6) is 0.215. The first-order valence-corrected chi connectivity index (χ1v) is 9.02. The number of hydrogen-bond acceptors (Lipinski definition) is 2. The van der Waals surface area contributed by atoms with Gasteiger partial charge in [-0.1, -0.05) is 41.4 Å². The molecule has 0 saturated carbocycles. The summed E-state index contributed by atoms with van der Waals surface area (Å²) in [4.78, 5) is 26.0. The van der Waals surface area contributed by atoms with E-state index < -0.39 is 0 Å². The van der Waals surface area contributed by atoms with Crippen LogP contribution in [0.5, 0.6) is 0 Å². The average molecular weight is 372 g/mol. The van der Waals surface area contributed by atoms with Crippen molar-refractivity contribution in [1.82, 2.24) is 10.6 Å². The first-order valence-electron chi connectivity index (χ1n) is 8.64. The predicted molar refractivity (Wildman–Crippen MR) is 103 cm³/mol. The van der Waals surface area contributed by atoms with Crippen LogP contribution in [-0.2, 0) is 11.3 Å². The number of urea groups is 1. The molecule has 2 N–H and O–H groups in total. The topological polar surface area (TPSA) is 61.4 Å². The Hall–Kier alpha value is -2.53. The zero-order valence-electron chi connectivity index (χ0n) is 14.7. The molecule has 5 nitrogen and oxygen atoms in total. The fourth-order valence-corrected chi connectivity index (χ4v) is 3.10. The van der Waals surface area contributed by atoms with Gasteiger partial charge >= 0.3 is 6.03 Å². The molecule has 0 aromatic heterocycles. The Balaban J connectivity index is 1.44. The Morgan fingerprint density at radius 3 is 2.50 bits per heavy atom. The lowest BCUT2D eigenvalue weighted by Gasteiger charge is -2.17. The molecule has 6 heteroatoms. The van der Waals surface area contributed by atoms with Gasteiger partial charge in [0.15, 0.2) is 0 Å². The largest absolute Gasteiger partial charge is 0.338 e. The van der Waals surface area contributed by atoms with Gasteiger partial charge in [0.25, 0.3) is 0 Å². The fourth-order valence-electron chi connectivity index (χ4n) is 2.98. The number of amides is 3. The molecule has 1 aliphatic heterocycles. The SMILES string of the molecule is Cc1ccc(N2C[C@H](CNC(=O)NCc3ccc(Cl)cc3)CC2=O)cc1. The van der Waals surface area contributed by atoms with E-state index in [9.17, 15) is 9.59 Å². The maximum Gasteiger partial charge on any atom is 0.315 e. The third kappa shape index (κ3) is 4.76. The van der Waals surface area contributed by atoms with E-state index in [0.717, 1.165) is 16.8 Å². The van der Waals surface area contributed by atoms with E-state index in [2.05, 4.69) is 10.6 Å². The molecule has 1 fully saturated rings. The van der Waals surface area contributed by atoms with Crippen molar-refractivity contribution in [3.8, 4) is 0 Å². The first-order chi connectivity index (χ1) is 12.5. The van der Waals surface area contributed by atoms with E-state index in [1.54, 1.807) is 17.0 Å². The Bertz CT molecular complexity index is 775. The van der Waals surface area contributed by atoms with Gasteiger partial charge in [-0.25, -0.2) is 4.79 Å². The van der Waals surface area contributed by atoms with Crippen molar-refractivity contribution in [2.24, 2.45) is 5.92 Å². The van der Waals surface area contributed by atoms with E-state index in [0.29, 0.717) is 31.1 Å². The monoisotopic (exact) mass is 371 g/mol. The molecular weight excluding hydrogens is 350 g/mol. The molecule has 1 atom stereocenters. The Morgan fingerprint density at radius 2 is 1.81 bits per heavy atom. The van der Waals surface area contributed by atoms with E-state index in [1.165, 1.54) is 0 Å². The van der Waals surface area contributed by atoms with E-state index >= 15 is 0 Å². The summed E-state index contributed by atoms with van der Waals surface area (Å²) < 4.78 is 0. The number of carbonyl (C=O) groups is 2. The van der Waals surface area contributed by atoms with Crippen LogP contribution < -0.4 is 15.5 Å². The van der Waals surface area contributed by atoms with Crippen LogP contribution in [0.3, 0.4) is 0 Å². The van der Waals surface area contributed by atoms with Crippen LogP contribution >= 0.6 is 11.6 Å². The van der Waals surface area contributed by atoms with Gasteiger partial charge in [-0.15, -0.1) is 0 Å². The summed E-state index contributed by atoms with van der Waals surface area (Å²) in [6.45, 7) is 3.55. The lowest BCUT2D eigenvalue weighted by atomic mass is 10.1. The molecule has 0 unspecified atom stereocenters. The zero-order chi connectivity index (χ0) is 18.5. The second kappa shape index (κ2) is 8.23. The van der Waals surface area contributed by atoms with Crippen LogP contribution in [0.2, 0.25) is 5.02 Å². The van der Waals surface area contributed by atoms with Crippen LogP contribution in [0.15, 0.2) is 48.5 Å². The van der Waals surface area contributed by atoms with Crippen molar-refractivity contribution in [2.45, 2.75) is 19.9 Å². The van der Waals surface area contributed by atoms with Crippen LogP contribution in [-0.4, -0.2) is 25.0 Å². The minimum atomic E-state index is -0.235. The number of hydrogen-bond donors (Lipinski definition) is 2. The van der Waals surface area contributed by atoms with Crippen molar-refractivity contribution < 1.29 is 9.59 Å². The highest BCUT2D eigenvalue weighted by Gasteiger charge is 2.30. The van der Waals surface area contributed by atoms with E-state index in [1.807, 2.05) is 43.3 Å². The summed E-state index contributed by atoms with van der Waals surface area (Å²) in [7, 11) is 0. The van der Waals surface area contributed by atoms with Crippen LogP contribution in [0.1, 0.15) is 17.5 Å². The summed E-state index contributed by atoms with van der Waals surface area (Å²) in [5.41, 5.74) is 3.05. The maximum absolute atomic E-state index is 12.2. The Labute approximate surface area is 158 Å². The number of nitrogens with one attached hydrogen (secondary N) is 2.